The Labute approximate surface area is 252 Å². The number of hydrogen-bond acceptors (Lipinski definition) is 9. The van der Waals surface area contributed by atoms with Gasteiger partial charge in [-0.3, -0.25) is 4.98 Å². The molecule has 0 aliphatic rings. The fourth-order valence-electron chi connectivity index (χ4n) is 4.91. The number of benzene rings is 2. The summed E-state index contributed by atoms with van der Waals surface area (Å²) in [5.74, 6) is 1.17. The van der Waals surface area contributed by atoms with Crippen molar-refractivity contribution >= 4 is 43.5 Å². The largest absolute Gasteiger partial charge is 0.462 e. The Kier molecular flexibility index (Phi) is 6.73. The van der Waals surface area contributed by atoms with E-state index < -0.39 is 18.0 Å². The van der Waals surface area contributed by atoms with Gasteiger partial charge >= 0.3 is 6.18 Å². The molecule has 0 N–H and O–H groups in total. The van der Waals surface area contributed by atoms with Gasteiger partial charge in [0.25, 0.3) is 11.1 Å². The zero-order chi connectivity index (χ0) is 30.6. The van der Waals surface area contributed by atoms with Crippen LogP contribution in [0.4, 0.5) is 13.2 Å². The minimum absolute atomic E-state index is 0.122. The van der Waals surface area contributed by atoms with E-state index in [1.54, 1.807) is 12.1 Å². The van der Waals surface area contributed by atoms with Crippen molar-refractivity contribution in [1.82, 2.24) is 30.1 Å². The average Bonchev–Trinajstić information content (AvgIpc) is 3.66. The van der Waals surface area contributed by atoms with Crippen molar-refractivity contribution in [1.29, 1.82) is 0 Å². The first-order valence-electron chi connectivity index (χ1n) is 13.8. The second-order valence-electron chi connectivity index (χ2n) is 10.6. The van der Waals surface area contributed by atoms with Crippen molar-refractivity contribution < 1.29 is 22.4 Å². The number of pyridine rings is 3. The Hall–Kier alpha value is -4.97. The summed E-state index contributed by atoms with van der Waals surface area (Å²) >= 11 is 1.25. The summed E-state index contributed by atoms with van der Waals surface area (Å²) in [5, 5.41) is 6.38. The van der Waals surface area contributed by atoms with Crippen LogP contribution >= 0.6 is 11.3 Å². The smallest absolute Gasteiger partial charge is 0.433 e. The average molecular weight is 613 g/mol. The monoisotopic (exact) mass is 612 g/mol. The second-order valence-corrected chi connectivity index (χ2v) is 11.5. The number of alkyl halides is 3. The third-order valence-corrected chi connectivity index (χ3v) is 8.06. The van der Waals surface area contributed by atoms with Gasteiger partial charge in [0.15, 0.2) is 5.82 Å². The van der Waals surface area contributed by atoms with Gasteiger partial charge < -0.3 is 9.26 Å². The number of thiazole rings is 1. The molecule has 0 fully saturated rings. The number of fused-ring (bicyclic) bond motifs is 3. The molecule has 0 aliphatic carbocycles. The first kappa shape index (κ1) is 27.8. The van der Waals surface area contributed by atoms with Crippen LogP contribution in [-0.4, -0.2) is 30.1 Å². The fourth-order valence-corrected chi connectivity index (χ4v) is 5.78. The lowest BCUT2D eigenvalue weighted by Crippen LogP contribution is -2.07. The molecule has 0 amide bonds. The van der Waals surface area contributed by atoms with E-state index >= 15 is 0 Å². The normalized spacial score (nSPS) is 12.9. The summed E-state index contributed by atoms with van der Waals surface area (Å²) in [7, 11) is 0. The maximum Gasteiger partial charge on any atom is 0.433 e. The van der Waals surface area contributed by atoms with E-state index in [2.05, 4.69) is 31.2 Å². The number of halogens is 3. The van der Waals surface area contributed by atoms with Crippen LogP contribution in [0.25, 0.3) is 54.9 Å². The standard InChI is InChI=1S/C32H23F3N6O2S/c1-16(2)28-40-29(43-41-28)21-10-9-20(27-22(21)14-18-6-4-5-7-23(18)37-27)17(3)42-31-39-25-12-11-24(38-30(25)44-31)19-8-13-26(36-15-19)32(33,34)35/h4-17H,1-3H3. The first-order valence-corrected chi connectivity index (χ1v) is 14.6. The molecule has 1 unspecified atom stereocenters. The molecular formula is C32H23F3N6O2S. The summed E-state index contributed by atoms with van der Waals surface area (Å²) in [5.41, 5.74) is 3.83. The van der Waals surface area contributed by atoms with Crippen LogP contribution in [0.15, 0.2) is 77.4 Å². The van der Waals surface area contributed by atoms with Gasteiger partial charge in [-0.05, 0) is 49.4 Å². The van der Waals surface area contributed by atoms with Crippen LogP contribution < -0.4 is 4.74 Å². The van der Waals surface area contributed by atoms with Crippen molar-refractivity contribution in [2.45, 2.75) is 39.0 Å². The highest BCUT2D eigenvalue weighted by Gasteiger charge is 2.32. The number of hydrogen-bond donors (Lipinski definition) is 0. The van der Waals surface area contributed by atoms with Crippen molar-refractivity contribution in [3.8, 4) is 27.9 Å². The van der Waals surface area contributed by atoms with E-state index in [0.717, 1.165) is 39.0 Å². The van der Waals surface area contributed by atoms with Gasteiger partial charge in [0, 0.05) is 39.6 Å². The topological polar surface area (TPSA) is 99.7 Å². The molecule has 7 rings (SSSR count). The zero-order valence-electron chi connectivity index (χ0n) is 23.6. The highest BCUT2D eigenvalue weighted by Crippen LogP contribution is 2.37. The lowest BCUT2D eigenvalue weighted by molar-refractivity contribution is -0.141. The summed E-state index contributed by atoms with van der Waals surface area (Å²) in [4.78, 5) is 22.9. The first-order chi connectivity index (χ1) is 21.1. The predicted molar refractivity (Wildman–Crippen MR) is 161 cm³/mol. The molecule has 0 saturated heterocycles. The highest BCUT2D eigenvalue weighted by molar-refractivity contribution is 7.19. The number of nitrogens with zero attached hydrogens (tertiary/aromatic N) is 6. The molecule has 220 valence electrons. The van der Waals surface area contributed by atoms with E-state index in [1.807, 2.05) is 57.2 Å². The lowest BCUT2D eigenvalue weighted by Gasteiger charge is -2.16. The molecule has 2 aromatic carbocycles. The van der Waals surface area contributed by atoms with Crippen LogP contribution in [-0.2, 0) is 6.18 Å². The van der Waals surface area contributed by atoms with Gasteiger partial charge in [0.05, 0.1) is 16.7 Å². The highest BCUT2D eigenvalue weighted by atomic mass is 32.1. The Bertz CT molecular complexity index is 2160. The van der Waals surface area contributed by atoms with E-state index in [0.29, 0.717) is 38.5 Å². The predicted octanol–water partition coefficient (Wildman–Crippen LogP) is 8.79. The second kappa shape index (κ2) is 10.6. The molecule has 0 radical (unpaired) electrons. The molecule has 5 aromatic heterocycles. The molecule has 7 aromatic rings. The van der Waals surface area contributed by atoms with Gasteiger partial charge in [-0.15, -0.1) is 0 Å². The molecule has 0 bridgehead atoms. The van der Waals surface area contributed by atoms with E-state index in [4.69, 9.17) is 14.2 Å². The van der Waals surface area contributed by atoms with E-state index in [-0.39, 0.29) is 5.92 Å². The number of para-hydroxylation sites is 1. The maximum atomic E-state index is 12.9. The van der Waals surface area contributed by atoms with E-state index in [1.165, 1.54) is 23.6 Å². The Morgan fingerprint density at radius 3 is 2.45 bits per heavy atom. The molecule has 8 nitrogen and oxygen atoms in total. The molecule has 0 aliphatic heterocycles. The summed E-state index contributed by atoms with van der Waals surface area (Å²) < 4.78 is 50.7. The molecule has 5 heterocycles. The van der Waals surface area contributed by atoms with Gasteiger partial charge in [0.2, 0.25) is 0 Å². The summed E-state index contributed by atoms with van der Waals surface area (Å²) in [6.07, 6.45) is -3.77. The van der Waals surface area contributed by atoms with Crippen molar-refractivity contribution in [2.75, 3.05) is 0 Å². The maximum absolute atomic E-state index is 12.9. The number of rotatable bonds is 6. The number of aromatic nitrogens is 6. The molecule has 0 spiro atoms. The molecular weight excluding hydrogens is 589 g/mol. The van der Waals surface area contributed by atoms with Crippen molar-refractivity contribution in [2.24, 2.45) is 0 Å². The summed E-state index contributed by atoms with van der Waals surface area (Å²) in [6, 6.07) is 19.6. The quantitative estimate of drug-likeness (QED) is 0.172. The fraction of sp³-hybridized carbons (Fsp3) is 0.188. The third kappa shape index (κ3) is 5.11. The number of ether oxygens (including phenoxy) is 1. The third-order valence-electron chi connectivity index (χ3n) is 7.21. The van der Waals surface area contributed by atoms with Crippen LogP contribution in [0.3, 0.4) is 0 Å². The van der Waals surface area contributed by atoms with Crippen molar-refractivity contribution in [3.63, 3.8) is 0 Å². The van der Waals surface area contributed by atoms with Crippen LogP contribution in [0.1, 0.15) is 49.9 Å². The van der Waals surface area contributed by atoms with Gasteiger partial charge in [0.1, 0.15) is 22.1 Å². The van der Waals surface area contributed by atoms with Gasteiger partial charge in [-0.2, -0.15) is 18.2 Å². The molecule has 0 saturated carbocycles. The molecule has 12 heteroatoms. The Morgan fingerprint density at radius 2 is 1.70 bits per heavy atom. The van der Waals surface area contributed by atoms with Crippen LogP contribution in [0.2, 0.25) is 0 Å². The zero-order valence-corrected chi connectivity index (χ0v) is 24.4. The minimum Gasteiger partial charge on any atom is -0.462 e. The lowest BCUT2D eigenvalue weighted by atomic mass is 9.99. The van der Waals surface area contributed by atoms with Crippen LogP contribution in [0.5, 0.6) is 5.19 Å². The minimum atomic E-state index is -4.51. The van der Waals surface area contributed by atoms with E-state index in [9.17, 15) is 13.2 Å². The van der Waals surface area contributed by atoms with Crippen molar-refractivity contribution in [3.05, 3.63) is 90.0 Å². The molecule has 44 heavy (non-hydrogen) atoms. The van der Waals surface area contributed by atoms with Gasteiger partial charge in [-0.25, -0.2) is 15.0 Å². The SMILES string of the molecule is CC(C)c1noc(-c2ccc(C(C)Oc3nc4ccc(-c5ccc(C(F)(F)F)nc5)nc4s3)c3nc4ccccc4cc23)n1. The van der Waals surface area contributed by atoms with Gasteiger partial charge in [-0.1, -0.05) is 54.6 Å². The molecule has 1 atom stereocenters. The Morgan fingerprint density at radius 1 is 0.864 bits per heavy atom. The van der Waals surface area contributed by atoms with Crippen LogP contribution in [0, 0.1) is 0 Å². The Balaban J connectivity index is 1.23. The summed E-state index contributed by atoms with van der Waals surface area (Å²) in [6.45, 7) is 5.94.